The maximum atomic E-state index is 13.0. The van der Waals surface area contributed by atoms with Crippen molar-refractivity contribution in [1.82, 2.24) is 25.1 Å². The van der Waals surface area contributed by atoms with E-state index < -0.39 is 5.91 Å². The molecule has 4 N–H and O–H groups in total. The van der Waals surface area contributed by atoms with E-state index in [0.29, 0.717) is 37.1 Å². The van der Waals surface area contributed by atoms with Crippen molar-refractivity contribution in [2.75, 3.05) is 50.4 Å². The largest absolute Gasteiger partial charge is 0.507 e. The Morgan fingerprint density at radius 2 is 1.92 bits per heavy atom. The number of carbonyl (C=O) groups excluding carboxylic acids is 2. The molecule has 0 aliphatic carbocycles. The van der Waals surface area contributed by atoms with Crippen molar-refractivity contribution < 1.29 is 14.7 Å². The Morgan fingerprint density at radius 1 is 1.19 bits per heavy atom. The molecule has 2 aliphatic heterocycles. The van der Waals surface area contributed by atoms with Crippen LogP contribution in [0.2, 0.25) is 5.15 Å². The van der Waals surface area contributed by atoms with Crippen molar-refractivity contribution >= 4 is 35.1 Å². The lowest BCUT2D eigenvalue weighted by Gasteiger charge is -2.47. The molecule has 0 saturated carbocycles. The van der Waals surface area contributed by atoms with Gasteiger partial charge in [-0.25, -0.2) is 9.97 Å². The third kappa shape index (κ3) is 5.19. The maximum absolute atomic E-state index is 13.0. The van der Waals surface area contributed by atoms with Crippen molar-refractivity contribution in [3.8, 4) is 5.75 Å². The van der Waals surface area contributed by atoms with Crippen molar-refractivity contribution in [3.05, 3.63) is 40.2 Å². The number of hydrogen-bond acceptors (Lipinski definition) is 8. The summed E-state index contributed by atoms with van der Waals surface area (Å²) >= 11 is 6.41. The number of likely N-dealkylation sites (tertiary alicyclic amines) is 1. The minimum absolute atomic E-state index is 0.0252. The third-order valence-electron chi connectivity index (χ3n) is 7.21. The number of aromatic hydroxyl groups is 1. The van der Waals surface area contributed by atoms with Gasteiger partial charge in [-0.3, -0.25) is 14.5 Å². The first-order valence-electron chi connectivity index (χ1n) is 12.4. The van der Waals surface area contributed by atoms with E-state index in [1.807, 2.05) is 17.9 Å². The minimum atomic E-state index is -0.424. The number of phenols is 1. The molecule has 1 aromatic heterocycles. The van der Waals surface area contributed by atoms with Crippen LogP contribution in [0.5, 0.6) is 5.75 Å². The van der Waals surface area contributed by atoms with Crippen LogP contribution in [0.3, 0.4) is 0 Å². The highest BCUT2D eigenvalue weighted by Gasteiger charge is 2.35. The number of phenolic OH excluding ortho intramolecular Hbond substituents is 1. The minimum Gasteiger partial charge on any atom is -0.507 e. The van der Waals surface area contributed by atoms with Gasteiger partial charge < -0.3 is 26.0 Å². The smallest absolute Gasteiger partial charge is 0.273 e. The van der Waals surface area contributed by atoms with Crippen molar-refractivity contribution in [2.45, 2.75) is 45.2 Å². The Kier molecular flexibility index (Phi) is 7.85. The van der Waals surface area contributed by atoms with Crippen LogP contribution in [0.1, 0.15) is 52.6 Å². The Balaban J connectivity index is 1.40. The van der Waals surface area contributed by atoms with E-state index in [2.05, 4.69) is 32.0 Å². The number of nitrogens with two attached hydrogens (primary N) is 1. The second-order valence-corrected chi connectivity index (χ2v) is 9.80. The number of benzene rings is 1. The van der Waals surface area contributed by atoms with E-state index in [-0.39, 0.29) is 34.4 Å². The zero-order valence-corrected chi connectivity index (χ0v) is 21.8. The summed E-state index contributed by atoms with van der Waals surface area (Å²) in [7, 11) is 1.50. The molecule has 4 rings (SSSR count). The molecule has 0 unspecified atom stereocenters. The average molecular weight is 516 g/mol. The predicted octanol–water partition coefficient (Wildman–Crippen LogP) is 2.29. The standard InChI is InChI=1S/C25H34ClN7O3/c1-4-16-14-32(23-21(26)29-20(22(27)30-23)24(35)28-3)11-12-33(16)17-7-9-31(10-8-17)25(36)18-6-5-15(2)13-19(18)34/h5-6,13,16-17,34H,4,7-12,14H2,1-3H3,(H2,27,30)(H,28,35)/t16-/m0/s1. The Morgan fingerprint density at radius 3 is 2.56 bits per heavy atom. The molecule has 0 radical (unpaired) electrons. The molecule has 194 valence electrons. The van der Waals surface area contributed by atoms with Crippen LogP contribution in [0.15, 0.2) is 18.2 Å². The predicted molar refractivity (Wildman–Crippen MR) is 140 cm³/mol. The number of nitrogens with zero attached hydrogens (tertiary/aromatic N) is 5. The van der Waals surface area contributed by atoms with Gasteiger partial charge in [0.25, 0.3) is 11.8 Å². The third-order valence-corrected chi connectivity index (χ3v) is 7.46. The summed E-state index contributed by atoms with van der Waals surface area (Å²) in [6.07, 6.45) is 2.70. The number of nitrogens with one attached hydrogen (secondary N) is 1. The molecule has 1 aromatic carbocycles. The van der Waals surface area contributed by atoms with Gasteiger partial charge in [0, 0.05) is 51.9 Å². The summed E-state index contributed by atoms with van der Waals surface area (Å²) in [5.74, 6) is 0.0510. The Bertz CT molecular complexity index is 1140. The number of aryl methyl sites for hydroxylation is 1. The van der Waals surface area contributed by atoms with Gasteiger partial charge in [-0.1, -0.05) is 24.6 Å². The topological polar surface area (TPSA) is 128 Å². The number of rotatable bonds is 5. The number of anilines is 2. The Hall–Kier alpha value is -3.11. The van der Waals surface area contributed by atoms with Crippen LogP contribution >= 0.6 is 11.6 Å². The fraction of sp³-hybridized carbons (Fsp3) is 0.520. The first-order chi connectivity index (χ1) is 17.2. The molecule has 2 saturated heterocycles. The molecule has 2 aromatic rings. The normalized spacial score (nSPS) is 19.4. The molecule has 3 heterocycles. The van der Waals surface area contributed by atoms with Crippen LogP contribution < -0.4 is 16.0 Å². The molecule has 36 heavy (non-hydrogen) atoms. The summed E-state index contributed by atoms with van der Waals surface area (Å²) in [4.78, 5) is 40.0. The van der Waals surface area contributed by atoms with Gasteiger partial charge in [0.15, 0.2) is 22.5 Å². The van der Waals surface area contributed by atoms with Gasteiger partial charge in [-0.2, -0.15) is 0 Å². The first kappa shape index (κ1) is 26.0. The molecule has 2 amide bonds. The van der Waals surface area contributed by atoms with Gasteiger partial charge in [0.05, 0.1) is 5.56 Å². The van der Waals surface area contributed by atoms with Crippen molar-refractivity contribution in [1.29, 1.82) is 0 Å². The second-order valence-electron chi connectivity index (χ2n) is 9.44. The molecular formula is C25H34ClN7O3. The number of amides is 2. The van der Waals surface area contributed by atoms with E-state index in [1.165, 1.54) is 7.05 Å². The highest BCUT2D eigenvalue weighted by atomic mass is 35.5. The van der Waals surface area contributed by atoms with Crippen LogP contribution in [0, 0.1) is 6.92 Å². The van der Waals surface area contributed by atoms with E-state index in [1.54, 1.807) is 12.1 Å². The van der Waals surface area contributed by atoms with E-state index in [0.717, 1.165) is 37.9 Å². The fourth-order valence-corrected chi connectivity index (χ4v) is 5.45. The SMILES string of the molecule is CC[C@H]1CN(c2nc(N)c(C(=O)NC)nc2Cl)CCN1C1CCN(C(=O)c2ccc(C)cc2O)CC1. The van der Waals surface area contributed by atoms with Crippen molar-refractivity contribution in [3.63, 3.8) is 0 Å². The first-order valence-corrected chi connectivity index (χ1v) is 12.8. The van der Waals surface area contributed by atoms with Gasteiger partial charge in [0.2, 0.25) is 0 Å². The number of piperazine rings is 1. The van der Waals surface area contributed by atoms with Crippen LogP contribution in [0.25, 0.3) is 0 Å². The summed E-state index contributed by atoms with van der Waals surface area (Å²) in [6, 6.07) is 5.83. The summed E-state index contributed by atoms with van der Waals surface area (Å²) in [6.45, 7) is 7.62. The number of halogens is 1. The van der Waals surface area contributed by atoms with Crippen molar-refractivity contribution in [2.24, 2.45) is 0 Å². The molecule has 0 spiro atoms. The second kappa shape index (κ2) is 10.9. The van der Waals surface area contributed by atoms with Gasteiger partial charge in [0.1, 0.15) is 5.75 Å². The Labute approximate surface area is 216 Å². The highest BCUT2D eigenvalue weighted by molar-refractivity contribution is 6.32. The lowest BCUT2D eigenvalue weighted by Crippen LogP contribution is -2.58. The molecule has 1 atom stereocenters. The van der Waals surface area contributed by atoms with E-state index in [9.17, 15) is 14.7 Å². The van der Waals surface area contributed by atoms with Gasteiger partial charge in [-0.05, 0) is 43.9 Å². The molecule has 2 fully saturated rings. The molecule has 0 bridgehead atoms. The van der Waals surface area contributed by atoms with Crippen LogP contribution in [-0.4, -0.2) is 88.5 Å². The number of carbonyl (C=O) groups is 2. The zero-order valence-electron chi connectivity index (χ0n) is 21.0. The lowest BCUT2D eigenvalue weighted by atomic mass is 9.97. The quantitative estimate of drug-likeness (QED) is 0.553. The highest BCUT2D eigenvalue weighted by Crippen LogP contribution is 2.30. The molecular weight excluding hydrogens is 482 g/mol. The van der Waals surface area contributed by atoms with Crippen LogP contribution in [-0.2, 0) is 0 Å². The van der Waals surface area contributed by atoms with Crippen LogP contribution in [0.4, 0.5) is 11.6 Å². The summed E-state index contributed by atoms with van der Waals surface area (Å²) in [5.41, 5.74) is 7.31. The number of nitrogen functional groups attached to an aromatic ring is 1. The van der Waals surface area contributed by atoms with E-state index in [4.69, 9.17) is 17.3 Å². The number of hydrogen-bond donors (Lipinski definition) is 3. The molecule has 2 aliphatic rings. The summed E-state index contributed by atoms with van der Waals surface area (Å²) < 4.78 is 0. The average Bonchev–Trinajstić information content (AvgIpc) is 2.88. The maximum Gasteiger partial charge on any atom is 0.273 e. The lowest BCUT2D eigenvalue weighted by molar-refractivity contribution is 0.0489. The van der Waals surface area contributed by atoms with Gasteiger partial charge in [-0.15, -0.1) is 0 Å². The van der Waals surface area contributed by atoms with E-state index >= 15 is 0 Å². The monoisotopic (exact) mass is 515 g/mol. The van der Waals surface area contributed by atoms with Gasteiger partial charge >= 0.3 is 0 Å². The number of piperidine rings is 1. The number of aromatic nitrogens is 2. The summed E-state index contributed by atoms with van der Waals surface area (Å²) in [5, 5.41) is 12.9. The fourth-order valence-electron chi connectivity index (χ4n) is 5.20. The zero-order chi connectivity index (χ0) is 26.0. The molecule has 11 heteroatoms. The molecule has 10 nitrogen and oxygen atoms in total.